The zero-order valence-electron chi connectivity index (χ0n) is 23.8. The van der Waals surface area contributed by atoms with Gasteiger partial charge in [0.1, 0.15) is 0 Å². The summed E-state index contributed by atoms with van der Waals surface area (Å²) < 4.78 is 45.0. The van der Waals surface area contributed by atoms with Crippen LogP contribution in [-0.4, -0.2) is 70.7 Å². The van der Waals surface area contributed by atoms with Crippen molar-refractivity contribution < 1.29 is 12.8 Å². The standard InChI is InChI=1S/C31H44FN5O2S/c1-34(28-14-4-2-5-15-28)19-10-11-20-35(23-26-13-12-18-33-31(26)32)24-27-25-37(30-17-7-6-16-29(27)30)40(38,39)36-21-8-3-9-22-36/h6-7,12-13,16-18,25,28H,2-5,8-11,14-15,19-24H2,1H3. The van der Waals surface area contributed by atoms with Crippen molar-refractivity contribution in [3.05, 3.63) is 65.9 Å². The van der Waals surface area contributed by atoms with E-state index in [2.05, 4.69) is 21.8 Å². The maximum Gasteiger partial charge on any atom is 0.307 e. The van der Waals surface area contributed by atoms with Gasteiger partial charge in [-0.2, -0.15) is 17.1 Å². The summed E-state index contributed by atoms with van der Waals surface area (Å²) in [4.78, 5) is 8.61. The third kappa shape index (κ3) is 6.93. The molecule has 0 radical (unpaired) electrons. The Balaban J connectivity index is 1.34. The Morgan fingerprint density at radius 1 is 0.900 bits per heavy atom. The summed E-state index contributed by atoms with van der Waals surface area (Å²) in [7, 11) is -1.41. The first-order valence-corrected chi connectivity index (χ1v) is 16.4. The van der Waals surface area contributed by atoms with Crippen molar-refractivity contribution in [1.29, 1.82) is 0 Å². The van der Waals surface area contributed by atoms with Crippen LogP contribution >= 0.6 is 0 Å². The number of halogens is 1. The molecule has 3 heterocycles. The number of aromatic nitrogens is 2. The summed E-state index contributed by atoms with van der Waals surface area (Å²) in [6.07, 6.45) is 14.8. The summed E-state index contributed by atoms with van der Waals surface area (Å²) in [6.45, 7) is 3.95. The highest BCUT2D eigenvalue weighted by atomic mass is 32.2. The summed E-state index contributed by atoms with van der Waals surface area (Å²) >= 11 is 0. The molecule has 40 heavy (non-hydrogen) atoms. The molecule has 5 rings (SSSR count). The second kappa shape index (κ2) is 13.6. The Hall–Kier alpha value is -2.33. The average molecular weight is 570 g/mol. The number of benzene rings is 1. The summed E-state index contributed by atoms with van der Waals surface area (Å²) in [5.74, 6) is -0.445. The number of hydrogen-bond acceptors (Lipinski definition) is 5. The summed E-state index contributed by atoms with van der Waals surface area (Å²) in [5.41, 5.74) is 2.20. The van der Waals surface area contributed by atoms with Gasteiger partial charge in [-0.25, -0.2) is 8.96 Å². The van der Waals surface area contributed by atoms with Crippen LogP contribution in [0.4, 0.5) is 4.39 Å². The van der Waals surface area contributed by atoms with Crippen LogP contribution in [0, 0.1) is 5.95 Å². The minimum Gasteiger partial charge on any atom is -0.303 e. The van der Waals surface area contributed by atoms with Gasteiger partial charge < -0.3 is 4.90 Å². The number of unbranched alkanes of at least 4 members (excludes halogenated alkanes) is 1. The first-order valence-electron chi connectivity index (χ1n) is 15.0. The normalized spacial score (nSPS) is 17.8. The number of fused-ring (bicyclic) bond motifs is 1. The van der Waals surface area contributed by atoms with E-state index in [1.54, 1.807) is 22.6 Å². The van der Waals surface area contributed by atoms with Gasteiger partial charge in [0.2, 0.25) is 5.95 Å². The van der Waals surface area contributed by atoms with E-state index in [9.17, 15) is 12.8 Å². The number of hydrogen-bond donors (Lipinski definition) is 0. The van der Waals surface area contributed by atoms with Crippen molar-refractivity contribution in [3.63, 3.8) is 0 Å². The monoisotopic (exact) mass is 569 g/mol. The van der Waals surface area contributed by atoms with E-state index in [-0.39, 0.29) is 0 Å². The predicted molar refractivity (Wildman–Crippen MR) is 159 cm³/mol. The highest BCUT2D eigenvalue weighted by molar-refractivity contribution is 7.87. The predicted octanol–water partition coefficient (Wildman–Crippen LogP) is 5.80. The lowest BCUT2D eigenvalue weighted by Crippen LogP contribution is -2.39. The largest absolute Gasteiger partial charge is 0.307 e. The first-order chi connectivity index (χ1) is 19.4. The van der Waals surface area contributed by atoms with E-state index >= 15 is 0 Å². The molecule has 218 valence electrons. The fourth-order valence-corrected chi connectivity index (χ4v) is 8.03. The van der Waals surface area contributed by atoms with Crippen molar-refractivity contribution in [1.82, 2.24) is 23.1 Å². The van der Waals surface area contributed by atoms with Crippen LogP contribution in [0.5, 0.6) is 0 Å². The highest BCUT2D eigenvalue weighted by Crippen LogP contribution is 2.28. The summed E-state index contributed by atoms with van der Waals surface area (Å²) in [5, 5.41) is 0.928. The lowest BCUT2D eigenvalue weighted by Gasteiger charge is -2.31. The third-order valence-corrected chi connectivity index (χ3v) is 10.5. The van der Waals surface area contributed by atoms with E-state index in [0.29, 0.717) is 43.3 Å². The fourth-order valence-electron chi connectivity index (χ4n) is 6.39. The lowest BCUT2D eigenvalue weighted by atomic mass is 9.94. The molecule has 0 atom stereocenters. The van der Waals surface area contributed by atoms with Gasteiger partial charge in [0, 0.05) is 55.6 Å². The molecule has 3 aromatic rings. The zero-order valence-corrected chi connectivity index (χ0v) is 24.7. The van der Waals surface area contributed by atoms with E-state index in [4.69, 9.17) is 0 Å². The van der Waals surface area contributed by atoms with Gasteiger partial charge in [0.25, 0.3) is 0 Å². The van der Waals surface area contributed by atoms with Crippen LogP contribution in [0.2, 0.25) is 0 Å². The topological polar surface area (TPSA) is 61.7 Å². The van der Waals surface area contributed by atoms with Gasteiger partial charge in [-0.1, -0.05) is 49.9 Å². The van der Waals surface area contributed by atoms with Crippen molar-refractivity contribution in [2.75, 3.05) is 33.2 Å². The number of para-hydroxylation sites is 1. The van der Waals surface area contributed by atoms with Crippen molar-refractivity contribution in [2.45, 2.75) is 83.3 Å². The quantitative estimate of drug-likeness (QED) is 0.204. The van der Waals surface area contributed by atoms with Crippen molar-refractivity contribution in [2.24, 2.45) is 0 Å². The molecule has 0 N–H and O–H groups in total. The average Bonchev–Trinajstić information content (AvgIpc) is 3.36. The molecular formula is C31H44FN5O2S. The molecule has 2 aliphatic rings. The SMILES string of the molecule is CN(CCCCN(Cc1cccnc1F)Cc1cn(S(=O)(=O)N2CCCCC2)c2ccccc12)C1CCCCC1. The molecule has 1 saturated heterocycles. The first kappa shape index (κ1) is 29.2. The van der Waals surface area contributed by atoms with Crippen LogP contribution in [0.1, 0.15) is 75.3 Å². The van der Waals surface area contributed by atoms with E-state index < -0.39 is 16.2 Å². The molecule has 0 amide bonds. The molecule has 1 aliphatic heterocycles. The van der Waals surface area contributed by atoms with Crippen LogP contribution < -0.4 is 0 Å². The van der Waals surface area contributed by atoms with Gasteiger partial charge in [0.05, 0.1) is 5.52 Å². The van der Waals surface area contributed by atoms with Gasteiger partial charge in [-0.3, -0.25) is 4.90 Å². The molecule has 7 nitrogen and oxygen atoms in total. The molecule has 1 saturated carbocycles. The van der Waals surface area contributed by atoms with Gasteiger partial charge in [-0.15, -0.1) is 0 Å². The zero-order chi connectivity index (χ0) is 28.0. The molecule has 9 heteroatoms. The Bertz CT molecular complexity index is 1350. The Labute approximate surface area is 239 Å². The highest BCUT2D eigenvalue weighted by Gasteiger charge is 2.28. The van der Waals surface area contributed by atoms with Crippen LogP contribution in [0.25, 0.3) is 10.9 Å². The van der Waals surface area contributed by atoms with Gasteiger partial charge in [-0.05, 0) is 76.4 Å². The molecule has 0 spiro atoms. The van der Waals surface area contributed by atoms with Gasteiger partial charge >= 0.3 is 10.2 Å². The Morgan fingerprint density at radius 2 is 1.60 bits per heavy atom. The van der Waals surface area contributed by atoms with E-state index in [1.165, 1.54) is 42.3 Å². The molecule has 1 aromatic carbocycles. The lowest BCUT2D eigenvalue weighted by molar-refractivity contribution is 0.182. The van der Waals surface area contributed by atoms with E-state index in [0.717, 1.165) is 56.1 Å². The number of nitrogens with zero attached hydrogens (tertiary/aromatic N) is 5. The number of piperidine rings is 1. The molecule has 0 unspecified atom stereocenters. The van der Waals surface area contributed by atoms with Crippen LogP contribution in [0.3, 0.4) is 0 Å². The molecule has 2 aromatic heterocycles. The van der Waals surface area contributed by atoms with Gasteiger partial charge in [0.15, 0.2) is 0 Å². The second-order valence-electron chi connectivity index (χ2n) is 11.6. The maximum absolute atomic E-state index is 14.6. The minimum atomic E-state index is -3.65. The molecular weight excluding hydrogens is 525 g/mol. The minimum absolute atomic E-state index is 0.427. The summed E-state index contributed by atoms with van der Waals surface area (Å²) in [6, 6.07) is 12.0. The van der Waals surface area contributed by atoms with Crippen molar-refractivity contribution >= 4 is 21.1 Å². The van der Waals surface area contributed by atoms with Crippen LogP contribution in [0.15, 0.2) is 48.8 Å². The third-order valence-electron chi connectivity index (χ3n) is 8.71. The number of rotatable bonds is 12. The number of pyridine rings is 1. The molecule has 1 aliphatic carbocycles. The molecule has 2 fully saturated rings. The van der Waals surface area contributed by atoms with Crippen LogP contribution in [-0.2, 0) is 23.3 Å². The fraction of sp³-hybridized carbons (Fsp3) is 0.581. The smallest absolute Gasteiger partial charge is 0.303 e. The maximum atomic E-state index is 14.6. The molecule has 0 bridgehead atoms. The van der Waals surface area contributed by atoms with E-state index in [1.807, 2.05) is 24.3 Å². The Kier molecular flexibility index (Phi) is 9.89. The second-order valence-corrected chi connectivity index (χ2v) is 13.4. The van der Waals surface area contributed by atoms with Crippen molar-refractivity contribution in [3.8, 4) is 0 Å². The Morgan fingerprint density at radius 3 is 2.38 bits per heavy atom.